The van der Waals surface area contributed by atoms with Crippen molar-refractivity contribution in [3.05, 3.63) is 57.6 Å². The second kappa shape index (κ2) is 11.1. The topological polar surface area (TPSA) is 149 Å². The standard InChI is InChI=1S/C27H34Cl2N8O3/c1-6-22(39)36-10-15(11-36)33-26(40)23-24(29)34-21(37(23)16-12-35(13-16)14(2)38)9-32-25(31)17-7-18(27(3,4)5)19(28)8-20(17)30/h6-8,15-16H,1,9-13,30H2,2-5H3,(H2,31,32)(H,33,40). The Morgan fingerprint density at radius 3 is 2.40 bits per heavy atom. The van der Waals surface area contributed by atoms with Crippen molar-refractivity contribution in [1.29, 1.82) is 5.41 Å². The van der Waals surface area contributed by atoms with Gasteiger partial charge in [0.05, 0.1) is 18.6 Å². The van der Waals surface area contributed by atoms with Gasteiger partial charge in [-0.1, -0.05) is 50.6 Å². The van der Waals surface area contributed by atoms with Crippen LogP contribution >= 0.6 is 23.2 Å². The van der Waals surface area contributed by atoms with Gasteiger partial charge in [-0.15, -0.1) is 0 Å². The second-order valence-corrected chi connectivity index (χ2v) is 11.9. The summed E-state index contributed by atoms with van der Waals surface area (Å²) in [5, 5.41) is 15.2. The van der Waals surface area contributed by atoms with Crippen molar-refractivity contribution in [2.75, 3.05) is 31.9 Å². The molecular weight excluding hydrogens is 555 g/mol. The Labute approximate surface area is 243 Å². The Hall–Kier alpha value is -3.57. The van der Waals surface area contributed by atoms with E-state index < -0.39 is 5.91 Å². The van der Waals surface area contributed by atoms with Gasteiger partial charge in [-0.2, -0.15) is 0 Å². The zero-order valence-electron chi connectivity index (χ0n) is 23.0. The highest BCUT2D eigenvalue weighted by atomic mass is 35.5. The van der Waals surface area contributed by atoms with Crippen LogP contribution in [0.2, 0.25) is 10.2 Å². The van der Waals surface area contributed by atoms with E-state index in [4.69, 9.17) is 34.3 Å². The number of hydrogen-bond acceptors (Lipinski definition) is 6. The Morgan fingerprint density at radius 1 is 1.18 bits per heavy atom. The number of amidine groups is 1. The van der Waals surface area contributed by atoms with E-state index in [-0.39, 0.29) is 52.5 Å². The average Bonchev–Trinajstić information content (AvgIpc) is 3.12. The summed E-state index contributed by atoms with van der Waals surface area (Å²) in [5.41, 5.74) is 7.83. The minimum Gasteiger partial charge on any atom is -0.398 e. The second-order valence-electron chi connectivity index (χ2n) is 11.1. The molecule has 0 bridgehead atoms. The van der Waals surface area contributed by atoms with E-state index >= 15 is 0 Å². The number of halogens is 2. The number of carbonyl (C=O) groups excluding carboxylic acids is 3. The molecule has 3 heterocycles. The fraction of sp³-hybridized carbons (Fsp3) is 0.444. The number of anilines is 1. The summed E-state index contributed by atoms with van der Waals surface area (Å²) in [4.78, 5) is 44.6. The predicted octanol–water partition coefficient (Wildman–Crippen LogP) is 2.71. The molecule has 40 heavy (non-hydrogen) atoms. The quantitative estimate of drug-likeness (QED) is 0.169. The number of imidazole rings is 1. The molecule has 0 spiro atoms. The largest absolute Gasteiger partial charge is 0.398 e. The molecule has 0 aliphatic carbocycles. The first-order valence-corrected chi connectivity index (χ1v) is 13.6. The van der Waals surface area contributed by atoms with Gasteiger partial charge in [-0.3, -0.25) is 19.8 Å². The van der Waals surface area contributed by atoms with Crippen molar-refractivity contribution in [3.8, 4) is 0 Å². The van der Waals surface area contributed by atoms with Crippen LogP contribution in [-0.4, -0.2) is 75.1 Å². The molecule has 5 N–H and O–H groups in total. The first-order chi connectivity index (χ1) is 18.7. The zero-order valence-corrected chi connectivity index (χ0v) is 24.5. The van der Waals surface area contributed by atoms with Crippen LogP contribution in [0.1, 0.15) is 61.2 Å². The number of nitrogen functional groups attached to an aromatic ring is 1. The van der Waals surface area contributed by atoms with Gasteiger partial charge in [0.15, 0.2) is 5.15 Å². The van der Waals surface area contributed by atoms with E-state index in [0.717, 1.165) is 5.56 Å². The van der Waals surface area contributed by atoms with E-state index in [1.54, 1.807) is 26.5 Å². The lowest BCUT2D eigenvalue weighted by molar-refractivity contribution is -0.134. The monoisotopic (exact) mass is 588 g/mol. The molecule has 214 valence electrons. The third-order valence-corrected chi connectivity index (χ3v) is 7.75. The molecule has 11 nitrogen and oxygen atoms in total. The van der Waals surface area contributed by atoms with E-state index in [1.165, 1.54) is 13.0 Å². The lowest BCUT2D eigenvalue weighted by Crippen LogP contribution is -2.61. The number of nitrogens with two attached hydrogens (primary N) is 1. The summed E-state index contributed by atoms with van der Waals surface area (Å²) in [6, 6.07) is 3.00. The van der Waals surface area contributed by atoms with Crippen molar-refractivity contribution >= 4 is 52.4 Å². The van der Waals surface area contributed by atoms with Gasteiger partial charge in [-0.05, 0) is 29.2 Å². The van der Waals surface area contributed by atoms with Crippen molar-refractivity contribution in [3.63, 3.8) is 0 Å². The lowest BCUT2D eigenvalue weighted by atomic mass is 9.85. The van der Waals surface area contributed by atoms with E-state index in [1.807, 2.05) is 20.8 Å². The lowest BCUT2D eigenvalue weighted by Gasteiger charge is -2.41. The van der Waals surface area contributed by atoms with E-state index in [2.05, 4.69) is 22.2 Å². The smallest absolute Gasteiger partial charge is 0.271 e. The van der Waals surface area contributed by atoms with Gasteiger partial charge in [0, 0.05) is 49.4 Å². The highest BCUT2D eigenvalue weighted by molar-refractivity contribution is 6.32. The molecule has 1 aromatic heterocycles. The van der Waals surface area contributed by atoms with Crippen molar-refractivity contribution in [2.24, 2.45) is 0 Å². The van der Waals surface area contributed by atoms with Gasteiger partial charge in [-0.25, -0.2) is 4.98 Å². The normalized spacial score (nSPS) is 15.8. The highest BCUT2D eigenvalue weighted by Gasteiger charge is 2.37. The number of carbonyl (C=O) groups is 3. The van der Waals surface area contributed by atoms with Crippen LogP contribution in [0.4, 0.5) is 5.69 Å². The molecule has 13 heteroatoms. The Balaban J connectivity index is 1.56. The van der Waals surface area contributed by atoms with Gasteiger partial charge in [0.25, 0.3) is 5.91 Å². The van der Waals surface area contributed by atoms with Crippen LogP contribution in [0.3, 0.4) is 0 Å². The van der Waals surface area contributed by atoms with Crippen molar-refractivity contribution in [1.82, 2.24) is 30.0 Å². The summed E-state index contributed by atoms with van der Waals surface area (Å²) in [7, 11) is 0. The minimum absolute atomic E-state index is 0.0153. The molecule has 2 saturated heterocycles. The van der Waals surface area contributed by atoms with Gasteiger partial charge in [0.2, 0.25) is 11.8 Å². The Morgan fingerprint density at radius 2 is 1.82 bits per heavy atom. The minimum atomic E-state index is -0.424. The maximum Gasteiger partial charge on any atom is 0.271 e. The molecule has 1 aromatic carbocycles. The molecular formula is C27H34Cl2N8O3. The molecule has 0 unspecified atom stereocenters. The third kappa shape index (κ3) is 5.80. The first-order valence-electron chi connectivity index (χ1n) is 12.9. The van der Waals surface area contributed by atoms with Crippen LogP contribution in [0.15, 0.2) is 24.8 Å². The van der Waals surface area contributed by atoms with Crippen LogP contribution in [0.25, 0.3) is 0 Å². The molecule has 2 aromatic rings. The number of likely N-dealkylation sites (tertiary alicyclic amines) is 2. The Kier molecular flexibility index (Phi) is 8.18. The van der Waals surface area contributed by atoms with Gasteiger partial charge >= 0.3 is 0 Å². The van der Waals surface area contributed by atoms with Gasteiger partial charge in [0.1, 0.15) is 17.4 Å². The van der Waals surface area contributed by atoms with Crippen LogP contribution in [0.5, 0.6) is 0 Å². The molecule has 4 rings (SSSR count). The zero-order chi connectivity index (χ0) is 29.5. The number of rotatable bonds is 7. The van der Waals surface area contributed by atoms with Crippen molar-refractivity contribution in [2.45, 2.75) is 51.7 Å². The molecule has 2 fully saturated rings. The summed E-state index contributed by atoms with van der Waals surface area (Å²) < 4.78 is 1.73. The van der Waals surface area contributed by atoms with Crippen molar-refractivity contribution < 1.29 is 14.4 Å². The average molecular weight is 590 g/mol. The molecule has 2 aliphatic rings. The number of hydrogen-bond donors (Lipinski definition) is 4. The predicted molar refractivity (Wildman–Crippen MR) is 155 cm³/mol. The van der Waals surface area contributed by atoms with Crippen LogP contribution in [0, 0.1) is 5.41 Å². The molecule has 0 saturated carbocycles. The third-order valence-electron chi connectivity index (χ3n) is 7.17. The molecule has 2 aliphatic heterocycles. The summed E-state index contributed by atoms with van der Waals surface area (Å²) in [5.74, 6) is -0.179. The number of amides is 3. The molecule has 0 atom stereocenters. The maximum atomic E-state index is 13.3. The number of nitrogens with one attached hydrogen (secondary N) is 3. The van der Waals surface area contributed by atoms with E-state index in [9.17, 15) is 14.4 Å². The Bertz CT molecular complexity index is 1390. The first kappa shape index (κ1) is 29.4. The van der Waals surface area contributed by atoms with Crippen LogP contribution in [-0.2, 0) is 21.5 Å². The molecule has 0 radical (unpaired) electrons. The fourth-order valence-electron chi connectivity index (χ4n) is 4.82. The molecule has 3 amide bonds. The SMILES string of the molecule is C=CC(=O)N1CC(NC(=O)c2c(Cl)nc(CNC(=N)c3cc(C(C)(C)C)c(Cl)cc3N)n2C2CN(C(C)=O)C2)C1. The van der Waals surface area contributed by atoms with E-state index in [0.29, 0.717) is 48.3 Å². The maximum absolute atomic E-state index is 13.3. The fourth-order valence-corrected chi connectivity index (χ4v) is 5.55. The summed E-state index contributed by atoms with van der Waals surface area (Å²) >= 11 is 12.9. The van der Waals surface area contributed by atoms with Crippen LogP contribution < -0.4 is 16.4 Å². The van der Waals surface area contributed by atoms with Gasteiger partial charge < -0.3 is 30.7 Å². The summed E-state index contributed by atoms with van der Waals surface area (Å²) in [6.07, 6.45) is 1.24. The number of benzene rings is 1. The number of nitrogens with zero attached hydrogens (tertiary/aromatic N) is 4. The highest BCUT2D eigenvalue weighted by Crippen LogP contribution is 2.33. The number of aromatic nitrogens is 2. The summed E-state index contributed by atoms with van der Waals surface area (Å²) in [6.45, 7) is 12.7.